The van der Waals surface area contributed by atoms with Gasteiger partial charge in [-0.25, -0.2) is 0 Å². The van der Waals surface area contributed by atoms with Crippen LogP contribution in [0.4, 0.5) is 5.69 Å². The van der Waals surface area contributed by atoms with E-state index in [4.69, 9.17) is 5.73 Å². The molecule has 96 valence electrons. The van der Waals surface area contributed by atoms with Crippen molar-refractivity contribution in [2.24, 2.45) is 0 Å². The number of nitrogens with zero attached hydrogens (tertiary/aromatic N) is 1. The number of nitrogens with two attached hydrogens (primary N) is 1. The lowest BCUT2D eigenvalue weighted by atomic mass is 9.93. The van der Waals surface area contributed by atoms with Gasteiger partial charge in [-0.05, 0) is 18.6 Å². The number of para-hydroxylation sites is 1. The predicted molar refractivity (Wildman–Crippen MR) is 71.3 cm³/mol. The van der Waals surface area contributed by atoms with E-state index in [1.54, 1.807) is 6.07 Å². The summed E-state index contributed by atoms with van der Waals surface area (Å²) < 4.78 is 0. The van der Waals surface area contributed by atoms with Gasteiger partial charge in [-0.1, -0.05) is 18.2 Å². The summed E-state index contributed by atoms with van der Waals surface area (Å²) in [5, 5.41) is 3.21. The van der Waals surface area contributed by atoms with Crippen molar-refractivity contribution in [1.29, 1.82) is 0 Å². The Kier molecular flexibility index (Phi) is 2.67. The summed E-state index contributed by atoms with van der Waals surface area (Å²) in [4.78, 5) is 27.5. The second kappa shape index (κ2) is 4.35. The molecule has 1 aliphatic rings. The Hall–Kier alpha value is -2.43. The molecule has 0 radical (unpaired) electrons. The number of pyridine rings is 1. The van der Waals surface area contributed by atoms with E-state index in [0.29, 0.717) is 24.2 Å². The van der Waals surface area contributed by atoms with E-state index in [9.17, 15) is 9.59 Å². The highest BCUT2D eigenvalue weighted by molar-refractivity contribution is 6.01. The lowest BCUT2D eigenvalue weighted by Crippen LogP contribution is -2.39. The SMILES string of the molecule is Nc1cc(C2CCC(=O)NC2=O)nc2ccccc12. The highest BCUT2D eigenvalue weighted by Crippen LogP contribution is 2.28. The van der Waals surface area contributed by atoms with Crippen LogP contribution < -0.4 is 11.1 Å². The predicted octanol–water partition coefficient (Wildman–Crippen LogP) is 1.34. The summed E-state index contributed by atoms with van der Waals surface area (Å²) in [7, 11) is 0. The van der Waals surface area contributed by atoms with Crippen molar-refractivity contribution in [2.45, 2.75) is 18.8 Å². The zero-order valence-electron chi connectivity index (χ0n) is 10.2. The molecule has 0 aliphatic carbocycles. The van der Waals surface area contributed by atoms with Crippen LogP contribution in [-0.2, 0) is 9.59 Å². The van der Waals surface area contributed by atoms with Gasteiger partial charge in [0, 0.05) is 17.5 Å². The smallest absolute Gasteiger partial charge is 0.235 e. The van der Waals surface area contributed by atoms with E-state index in [2.05, 4.69) is 10.3 Å². The molecule has 1 aromatic heterocycles. The minimum atomic E-state index is -0.399. The molecule has 1 aromatic carbocycles. The molecule has 2 aromatic rings. The van der Waals surface area contributed by atoms with Gasteiger partial charge in [-0.2, -0.15) is 0 Å². The Morgan fingerprint density at radius 3 is 2.84 bits per heavy atom. The Balaban J connectivity index is 2.06. The van der Waals surface area contributed by atoms with E-state index in [1.165, 1.54) is 0 Å². The number of rotatable bonds is 1. The van der Waals surface area contributed by atoms with Crippen molar-refractivity contribution >= 4 is 28.4 Å². The second-order valence-electron chi connectivity index (χ2n) is 4.66. The fraction of sp³-hybridized carbons (Fsp3) is 0.214. The molecule has 1 unspecified atom stereocenters. The van der Waals surface area contributed by atoms with Crippen LogP contribution in [0.5, 0.6) is 0 Å². The van der Waals surface area contributed by atoms with Gasteiger partial charge in [0.1, 0.15) is 0 Å². The zero-order valence-corrected chi connectivity index (χ0v) is 10.2. The van der Waals surface area contributed by atoms with Crippen LogP contribution in [0.15, 0.2) is 30.3 Å². The van der Waals surface area contributed by atoms with Gasteiger partial charge >= 0.3 is 0 Å². The molecule has 3 rings (SSSR count). The van der Waals surface area contributed by atoms with Crippen LogP contribution in [0, 0.1) is 0 Å². The number of piperidine rings is 1. The van der Waals surface area contributed by atoms with E-state index < -0.39 is 5.92 Å². The van der Waals surface area contributed by atoms with E-state index in [1.807, 2.05) is 24.3 Å². The third-order valence-corrected chi connectivity index (χ3v) is 3.36. The first kappa shape index (κ1) is 11.6. The number of hydrogen-bond donors (Lipinski definition) is 2. The summed E-state index contributed by atoms with van der Waals surface area (Å²) in [5.74, 6) is -0.918. The first-order valence-electron chi connectivity index (χ1n) is 6.14. The summed E-state index contributed by atoms with van der Waals surface area (Å²) in [6, 6.07) is 9.25. The largest absolute Gasteiger partial charge is 0.398 e. The molecule has 1 fully saturated rings. The number of imide groups is 1. The van der Waals surface area contributed by atoms with Crippen molar-refractivity contribution in [1.82, 2.24) is 10.3 Å². The molecular formula is C14H13N3O2. The van der Waals surface area contributed by atoms with Crippen LogP contribution in [0.25, 0.3) is 10.9 Å². The number of carbonyl (C=O) groups excluding carboxylic acids is 2. The zero-order chi connectivity index (χ0) is 13.4. The van der Waals surface area contributed by atoms with Gasteiger partial charge in [-0.15, -0.1) is 0 Å². The van der Waals surface area contributed by atoms with E-state index in [-0.39, 0.29) is 11.8 Å². The number of carbonyl (C=O) groups is 2. The minimum Gasteiger partial charge on any atom is -0.398 e. The molecule has 5 heteroatoms. The molecule has 0 bridgehead atoms. The molecule has 0 spiro atoms. The highest BCUT2D eigenvalue weighted by atomic mass is 16.2. The van der Waals surface area contributed by atoms with Crippen LogP contribution in [0.1, 0.15) is 24.5 Å². The number of fused-ring (bicyclic) bond motifs is 1. The van der Waals surface area contributed by atoms with E-state index >= 15 is 0 Å². The number of benzene rings is 1. The Labute approximate surface area is 109 Å². The minimum absolute atomic E-state index is 0.227. The molecule has 5 nitrogen and oxygen atoms in total. The first-order chi connectivity index (χ1) is 9.15. The standard InChI is InChI=1S/C14H13N3O2/c15-10-7-12(9-5-6-13(18)17-14(9)19)16-11-4-2-1-3-8(10)11/h1-4,7,9H,5-6H2,(H2,15,16)(H,17,18,19). The average Bonchev–Trinajstić information content (AvgIpc) is 2.38. The van der Waals surface area contributed by atoms with Gasteiger partial charge in [0.25, 0.3) is 0 Å². The lowest BCUT2D eigenvalue weighted by Gasteiger charge is -2.20. The Morgan fingerprint density at radius 2 is 2.05 bits per heavy atom. The third-order valence-electron chi connectivity index (χ3n) is 3.36. The Bertz CT molecular complexity index is 681. The lowest BCUT2D eigenvalue weighted by molar-refractivity contribution is -0.134. The fourth-order valence-corrected chi connectivity index (χ4v) is 2.38. The van der Waals surface area contributed by atoms with Crippen LogP contribution >= 0.6 is 0 Å². The maximum atomic E-state index is 11.8. The van der Waals surface area contributed by atoms with Crippen molar-refractivity contribution in [3.05, 3.63) is 36.0 Å². The maximum Gasteiger partial charge on any atom is 0.235 e. The van der Waals surface area contributed by atoms with Crippen LogP contribution in [-0.4, -0.2) is 16.8 Å². The second-order valence-corrected chi connectivity index (χ2v) is 4.66. The molecule has 1 aliphatic heterocycles. The number of hydrogen-bond acceptors (Lipinski definition) is 4. The van der Waals surface area contributed by atoms with E-state index in [0.717, 1.165) is 10.9 Å². The Morgan fingerprint density at radius 1 is 1.26 bits per heavy atom. The van der Waals surface area contributed by atoms with Crippen LogP contribution in [0.2, 0.25) is 0 Å². The number of aromatic nitrogens is 1. The summed E-state index contributed by atoms with van der Waals surface area (Å²) >= 11 is 0. The van der Waals surface area contributed by atoms with Crippen LogP contribution in [0.3, 0.4) is 0 Å². The summed E-state index contributed by atoms with van der Waals surface area (Å²) in [6.07, 6.45) is 0.820. The quantitative estimate of drug-likeness (QED) is 0.753. The maximum absolute atomic E-state index is 11.8. The first-order valence-corrected chi connectivity index (χ1v) is 6.14. The molecule has 1 atom stereocenters. The van der Waals surface area contributed by atoms with Crippen molar-refractivity contribution < 1.29 is 9.59 Å². The summed E-state index contributed by atoms with van der Waals surface area (Å²) in [5.41, 5.74) is 7.99. The van der Waals surface area contributed by atoms with Gasteiger partial charge in [0.2, 0.25) is 11.8 Å². The molecule has 19 heavy (non-hydrogen) atoms. The van der Waals surface area contributed by atoms with Crippen molar-refractivity contribution in [3.8, 4) is 0 Å². The number of anilines is 1. The van der Waals surface area contributed by atoms with Gasteiger partial charge < -0.3 is 5.73 Å². The van der Waals surface area contributed by atoms with Gasteiger partial charge in [0.15, 0.2) is 0 Å². The molecular weight excluding hydrogens is 242 g/mol. The molecule has 2 heterocycles. The van der Waals surface area contributed by atoms with Gasteiger partial charge in [0.05, 0.1) is 17.1 Å². The highest BCUT2D eigenvalue weighted by Gasteiger charge is 2.29. The molecule has 3 N–H and O–H groups in total. The molecule has 2 amide bonds. The molecule has 0 saturated carbocycles. The van der Waals surface area contributed by atoms with Crippen molar-refractivity contribution in [2.75, 3.05) is 5.73 Å². The van der Waals surface area contributed by atoms with Crippen molar-refractivity contribution in [3.63, 3.8) is 0 Å². The number of nitrogens with one attached hydrogen (secondary N) is 1. The average molecular weight is 255 g/mol. The normalized spacial score (nSPS) is 19.5. The number of amides is 2. The summed E-state index contributed by atoms with van der Waals surface area (Å²) in [6.45, 7) is 0. The third kappa shape index (κ3) is 2.03. The number of nitrogen functional groups attached to an aromatic ring is 1. The molecule has 1 saturated heterocycles. The topological polar surface area (TPSA) is 85.1 Å². The fourth-order valence-electron chi connectivity index (χ4n) is 2.38. The monoisotopic (exact) mass is 255 g/mol. The van der Waals surface area contributed by atoms with Gasteiger partial charge in [-0.3, -0.25) is 19.9 Å².